The number of hydrogen-bond donors (Lipinski definition) is 2. The molecule has 0 unspecified atom stereocenters. The van der Waals surface area contributed by atoms with Crippen LogP contribution in [0.3, 0.4) is 0 Å². The molecule has 0 aromatic heterocycles. The van der Waals surface area contributed by atoms with E-state index in [1.165, 1.54) is 14.2 Å². The van der Waals surface area contributed by atoms with Crippen molar-refractivity contribution < 1.29 is 28.8 Å². The molecule has 0 aromatic carbocycles. The largest absolute Gasteiger partial charge is 0.468 e. The van der Waals surface area contributed by atoms with Gasteiger partial charge in [0.05, 0.1) is 19.8 Å². The standard InChI is InChI=1S/C13H24N2O6/c1-12(2,3)21-11(17)15-13(8-20-19-5)6-9(14-7-13)10(16)18-4/h9,14H,6-8H2,1-5H3,(H,15,17)/t9-,13+/m1/s1. The second-order valence-corrected chi connectivity index (χ2v) is 6.00. The zero-order valence-corrected chi connectivity index (χ0v) is 13.1. The first-order valence-electron chi connectivity index (χ1n) is 6.69. The van der Waals surface area contributed by atoms with Crippen LogP contribution in [0, 0.1) is 0 Å². The third-order valence-electron chi connectivity index (χ3n) is 2.99. The maximum atomic E-state index is 12.0. The van der Waals surface area contributed by atoms with E-state index in [2.05, 4.69) is 15.5 Å². The van der Waals surface area contributed by atoms with Gasteiger partial charge in [0, 0.05) is 13.0 Å². The Kier molecular flexibility index (Phi) is 5.94. The van der Waals surface area contributed by atoms with Crippen LogP contribution in [0.2, 0.25) is 0 Å². The van der Waals surface area contributed by atoms with E-state index >= 15 is 0 Å². The monoisotopic (exact) mass is 304 g/mol. The zero-order valence-electron chi connectivity index (χ0n) is 13.1. The summed E-state index contributed by atoms with van der Waals surface area (Å²) in [6, 6.07) is -0.509. The highest BCUT2D eigenvalue weighted by Crippen LogP contribution is 2.22. The molecule has 0 aliphatic carbocycles. The van der Waals surface area contributed by atoms with Crippen molar-refractivity contribution >= 4 is 12.1 Å². The fraction of sp³-hybridized carbons (Fsp3) is 0.846. The van der Waals surface area contributed by atoms with Crippen LogP contribution in [0.1, 0.15) is 27.2 Å². The number of amides is 1. The summed E-state index contributed by atoms with van der Waals surface area (Å²) in [6.07, 6.45) is -0.253. The number of methoxy groups -OCH3 is 1. The molecule has 0 spiro atoms. The number of rotatable bonds is 5. The summed E-state index contributed by atoms with van der Waals surface area (Å²) in [4.78, 5) is 33.1. The van der Waals surface area contributed by atoms with Crippen LogP contribution >= 0.6 is 0 Å². The van der Waals surface area contributed by atoms with Crippen molar-refractivity contribution in [3.8, 4) is 0 Å². The Morgan fingerprint density at radius 3 is 2.52 bits per heavy atom. The summed E-state index contributed by atoms with van der Waals surface area (Å²) in [6.45, 7) is 5.75. The van der Waals surface area contributed by atoms with Crippen molar-refractivity contribution in [1.29, 1.82) is 0 Å². The molecule has 2 N–H and O–H groups in total. The molecule has 8 nitrogen and oxygen atoms in total. The molecule has 1 aliphatic rings. The predicted octanol–water partition coefficient (Wildman–Crippen LogP) is 0.363. The van der Waals surface area contributed by atoms with Crippen LogP contribution in [-0.4, -0.2) is 56.6 Å². The maximum absolute atomic E-state index is 12.0. The van der Waals surface area contributed by atoms with E-state index in [0.717, 1.165) is 0 Å². The normalized spacial score (nSPS) is 25.5. The van der Waals surface area contributed by atoms with Gasteiger partial charge in [-0.3, -0.25) is 4.79 Å². The van der Waals surface area contributed by atoms with Crippen LogP contribution in [-0.2, 0) is 24.0 Å². The molecular weight excluding hydrogens is 280 g/mol. The summed E-state index contributed by atoms with van der Waals surface area (Å²) >= 11 is 0. The van der Waals surface area contributed by atoms with E-state index in [-0.39, 0.29) is 12.6 Å². The van der Waals surface area contributed by atoms with Crippen LogP contribution in [0.4, 0.5) is 4.79 Å². The molecule has 1 fully saturated rings. The summed E-state index contributed by atoms with van der Waals surface area (Å²) in [5.74, 6) is -0.389. The van der Waals surface area contributed by atoms with Crippen LogP contribution in [0.5, 0.6) is 0 Å². The predicted molar refractivity (Wildman–Crippen MR) is 73.5 cm³/mol. The molecule has 1 heterocycles. The Morgan fingerprint density at radius 2 is 2.00 bits per heavy atom. The highest BCUT2D eigenvalue weighted by molar-refractivity contribution is 5.77. The molecule has 0 saturated carbocycles. The third kappa shape index (κ3) is 5.49. The Balaban J connectivity index is 2.72. The Bertz CT molecular complexity index is 381. The number of nitrogens with one attached hydrogen (secondary N) is 2. The fourth-order valence-electron chi connectivity index (χ4n) is 2.10. The molecule has 122 valence electrons. The third-order valence-corrected chi connectivity index (χ3v) is 2.99. The zero-order chi connectivity index (χ0) is 16.1. The van der Waals surface area contributed by atoms with Crippen LogP contribution < -0.4 is 10.6 Å². The molecule has 1 rings (SSSR count). The highest BCUT2D eigenvalue weighted by Gasteiger charge is 2.44. The molecule has 8 heteroatoms. The minimum absolute atomic E-state index is 0.0865. The lowest BCUT2D eigenvalue weighted by atomic mass is 9.97. The maximum Gasteiger partial charge on any atom is 0.408 e. The lowest BCUT2D eigenvalue weighted by Gasteiger charge is -2.30. The smallest absolute Gasteiger partial charge is 0.408 e. The van der Waals surface area contributed by atoms with Gasteiger partial charge in [-0.15, -0.1) is 0 Å². The van der Waals surface area contributed by atoms with Crippen molar-refractivity contribution in [1.82, 2.24) is 10.6 Å². The van der Waals surface area contributed by atoms with Crippen molar-refractivity contribution in [3.63, 3.8) is 0 Å². The second kappa shape index (κ2) is 7.06. The van der Waals surface area contributed by atoms with Gasteiger partial charge in [-0.2, -0.15) is 0 Å². The van der Waals surface area contributed by atoms with E-state index in [0.29, 0.717) is 13.0 Å². The van der Waals surface area contributed by atoms with Crippen molar-refractivity contribution in [2.24, 2.45) is 0 Å². The van der Waals surface area contributed by atoms with E-state index in [1.807, 2.05) is 0 Å². The first kappa shape index (κ1) is 17.7. The van der Waals surface area contributed by atoms with Gasteiger partial charge in [0.25, 0.3) is 0 Å². The first-order chi connectivity index (χ1) is 9.71. The van der Waals surface area contributed by atoms with Gasteiger partial charge in [-0.1, -0.05) is 0 Å². The van der Waals surface area contributed by atoms with Crippen LogP contribution in [0.25, 0.3) is 0 Å². The first-order valence-corrected chi connectivity index (χ1v) is 6.69. The fourth-order valence-corrected chi connectivity index (χ4v) is 2.10. The Morgan fingerprint density at radius 1 is 1.33 bits per heavy atom. The number of hydrogen-bond acceptors (Lipinski definition) is 7. The summed E-state index contributed by atoms with van der Waals surface area (Å²) < 4.78 is 9.94. The molecule has 1 amide bonds. The minimum atomic E-state index is -0.794. The second-order valence-electron chi connectivity index (χ2n) is 6.00. The van der Waals surface area contributed by atoms with Gasteiger partial charge in [0.1, 0.15) is 18.2 Å². The van der Waals surface area contributed by atoms with E-state index in [4.69, 9.17) is 14.4 Å². The van der Waals surface area contributed by atoms with Gasteiger partial charge in [-0.25, -0.2) is 14.6 Å². The molecule has 2 atom stereocenters. The molecule has 0 aromatic rings. The quantitative estimate of drug-likeness (QED) is 0.430. The topological polar surface area (TPSA) is 95.1 Å². The SMILES string of the molecule is COOC[C@@]1(NC(=O)OC(C)(C)C)CN[C@@H](C(=O)OC)C1. The van der Waals surface area contributed by atoms with E-state index in [1.54, 1.807) is 20.8 Å². The van der Waals surface area contributed by atoms with Crippen LogP contribution in [0.15, 0.2) is 0 Å². The van der Waals surface area contributed by atoms with Gasteiger partial charge >= 0.3 is 12.1 Å². The molecule has 1 saturated heterocycles. The number of carbonyl (C=O) groups excluding carboxylic acids is 2. The number of alkyl carbamates (subject to hydrolysis) is 1. The number of carbonyl (C=O) groups is 2. The average Bonchev–Trinajstić information content (AvgIpc) is 2.77. The molecular formula is C13H24N2O6. The molecule has 0 radical (unpaired) electrons. The van der Waals surface area contributed by atoms with Crippen molar-refractivity contribution in [3.05, 3.63) is 0 Å². The van der Waals surface area contributed by atoms with Gasteiger partial charge < -0.3 is 20.1 Å². The average molecular weight is 304 g/mol. The lowest BCUT2D eigenvalue weighted by Crippen LogP contribution is -2.54. The lowest BCUT2D eigenvalue weighted by molar-refractivity contribution is -0.282. The summed E-state index contributed by atoms with van der Waals surface area (Å²) in [5.41, 5.74) is -1.40. The Hall–Kier alpha value is -1.38. The minimum Gasteiger partial charge on any atom is -0.468 e. The molecule has 1 aliphatic heterocycles. The van der Waals surface area contributed by atoms with Gasteiger partial charge in [0.2, 0.25) is 0 Å². The number of ether oxygens (including phenoxy) is 2. The van der Waals surface area contributed by atoms with Gasteiger partial charge in [0.15, 0.2) is 0 Å². The molecule has 21 heavy (non-hydrogen) atoms. The van der Waals surface area contributed by atoms with Crippen molar-refractivity contribution in [2.45, 2.75) is 44.4 Å². The van der Waals surface area contributed by atoms with Crippen molar-refractivity contribution in [2.75, 3.05) is 27.4 Å². The highest BCUT2D eigenvalue weighted by atomic mass is 17.2. The molecule has 0 bridgehead atoms. The van der Waals surface area contributed by atoms with Gasteiger partial charge in [-0.05, 0) is 20.8 Å². The summed E-state index contributed by atoms with van der Waals surface area (Å²) in [5, 5.41) is 5.75. The Labute approximate surface area is 124 Å². The van der Waals surface area contributed by atoms with E-state index in [9.17, 15) is 9.59 Å². The number of esters is 1. The van der Waals surface area contributed by atoms with E-state index < -0.39 is 23.3 Å². The summed E-state index contributed by atoms with van der Waals surface area (Å²) in [7, 11) is 2.69.